The molecule has 2 aliphatic heterocycles. The lowest BCUT2D eigenvalue weighted by Gasteiger charge is -2.42. The summed E-state index contributed by atoms with van der Waals surface area (Å²) in [5, 5.41) is 1.98. The van der Waals surface area contributed by atoms with Crippen LogP contribution in [0.4, 0.5) is 0 Å². The van der Waals surface area contributed by atoms with Crippen LogP contribution in [0.5, 0.6) is 0 Å². The Kier molecular flexibility index (Phi) is 4.38. The zero-order valence-corrected chi connectivity index (χ0v) is 12.9. The minimum Gasteiger partial charge on any atom is -0.338 e. The van der Waals surface area contributed by atoms with Gasteiger partial charge in [0.05, 0.1) is 4.88 Å². The number of hydrogen-bond acceptors (Lipinski definition) is 4. The predicted molar refractivity (Wildman–Crippen MR) is 82.3 cm³/mol. The van der Waals surface area contributed by atoms with Crippen molar-refractivity contribution in [3.63, 3.8) is 0 Å². The van der Waals surface area contributed by atoms with E-state index in [-0.39, 0.29) is 5.91 Å². The molecular formula is C15H23N3OS. The Labute approximate surface area is 125 Å². The monoisotopic (exact) mass is 293 g/mol. The summed E-state index contributed by atoms with van der Waals surface area (Å²) in [6.07, 6.45) is 2.25. The van der Waals surface area contributed by atoms with Gasteiger partial charge in [-0.05, 0) is 31.3 Å². The van der Waals surface area contributed by atoms with E-state index in [0.29, 0.717) is 6.04 Å². The van der Waals surface area contributed by atoms with Crippen LogP contribution < -0.4 is 0 Å². The van der Waals surface area contributed by atoms with Gasteiger partial charge in [0.15, 0.2) is 0 Å². The third kappa shape index (κ3) is 3.05. The van der Waals surface area contributed by atoms with Crippen LogP contribution >= 0.6 is 11.3 Å². The van der Waals surface area contributed by atoms with E-state index in [2.05, 4.69) is 16.8 Å². The molecule has 4 nitrogen and oxygen atoms in total. The summed E-state index contributed by atoms with van der Waals surface area (Å²) >= 11 is 1.55. The molecule has 3 heterocycles. The molecule has 1 aromatic heterocycles. The molecule has 110 valence electrons. The standard InChI is InChI=1S/C15H23N3OS/c1-16-8-10-17(11-9-16)13-4-6-18(7-5-13)15(19)14-3-2-12-20-14/h2-3,12-13H,4-11H2,1H3. The first-order valence-electron chi connectivity index (χ1n) is 7.49. The third-order valence-corrected chi connectivity index (χ3v) is 5.40. The highest BCUT2D eigenvalue weighted by atomic mass is 32.1. The van der Waals surface area contributed by atoms with Crippen LogP contribution in [-0.4, -0.2) is 73.0 Å². The molecule has 2 fully saturated rings. The van der Waals surface area contributed by atoms with Gasteiger partial charge in [0.1, 0.15) is 0 Å². The topological polar surface area (TPSA) is 26.8 Å². The molecule has 20 heavy (non-hydrogen) atoms. The number of likely N-dealkylation sites (N-methyl/N-ethyl adjacent to an activating group) is 1. The molecule has 0 unspecified atom stereocenters. The maximum absolute atomic E-state index is 12.3. The average molecular weight is 293 g/mol. The van der Waals surface area contributed by atoms with E-state index in [1.807, 2.05) is 22.4 Å². The highest BCUT2D eigenvalue weighted by Crippen LogP contribution is 2.21. The summed E-state index contributed by atoms with van der Waals surface area (Å²) in [5.74, 6) is 0.219. The number of piperazine rings is 1. The third-order valence-electron chi connectivity index (χ3n) is 4.54. The second-order valence-corrected chi connectivity index (χ2v) is 6.79. The van der Waals surface area contributed by atoms with Gasteiger partial charge < -0.3 is 9.80 Å². The van der Waals surface area contributed by atoms with Gasteiger partial charge in [-0.3, -0.25) is 9.69 Å². The number of carbonyl (C=O) groups excluding carboxylic acids is 1. The highest BCUT2D eigenvalue weighted by Gasteiger charge is 2.28. The number of nitrogens with zero attached hydrogens (tertiary/aromatic N) is 3. The van der Waals surface area contributed by atoms with Gasteiger partial charge in [-0.2, -0.15) is 0 Å². The average Bonchev–Trinajstić information content (AvgIpc) is 3.02. The number of amides is 1. The molecule has 2 saturated heterocycles. The molecule has 5 heteroatoms. The van der Waals surface area contributed by atoms with E-state index in [4.69, 9.17) is 0 Å². The molecule has 0 radical (unpaired) electrons. The van der Waals surface area contributed by atoms with E-state index in [1.54, 1.807) is 11.3 Å². The van der Waals surface area contributed by atoms with Gasteiger partial charge >= 0.3 is 0 Å². The predicted octanol–water partition coefficient (Wildman–Crippen LogP) is 1.60. The summed E-state index contributed by atoms with van der Waals surface area (Å²) < 4.78 is 0. The van der Waals surface area contributed by atoms with E-state index in [1.165, 1.54) is 26.2 Å². The van der Waals surface area contributed by atoms with Crippen molar-refractivity contribution in [1.29, 1.82) is 0 Å². The lowest BCUT2D eigenvalue weighted by molar-refractivity contribution is 0.0522. The van der Waals surface area contributed by atoms with Gasteiger partial charge in [-0.15, -0.1) is 11.3 Å². The van der Waals surface area contributed by atoms with Crippen LogP contribution in [0.25, 0.3) is 0 Å². The highest BCUT2D eigenvalue weighted by molar-refractivity contribution is 7.12. The maximum Gasteiger partial charge on any atom is 0.263 e. The normalized spacial score (nSPS) is 23.1. The summed E-state index contributed by atoms with van der Waals surface area (Å²) in [7, 11) is 2.19. The molecule has 0 aliphatic carbocycles. The minimum absolute atomic E-state index is 0.219. The molecule has 0 spiro atoms. The van der Waals surface area contributed by atoms with Gasteiger partial charge in [0.25, 0.3) is 5.91 Å². The summed E-state index contributed by atoms with van der Waals surface area (Å²) in [4.78, 5) is 20.2. The van der Waals surface area contributed by atoms with Gasteiger partial charge in [-0.25, -0.2) is 0 Å². The van der Waals surface area contributed by atoms with Crippen molar-refractivity contribution in [1.82, 2.24) is 14.7 Å². The minimum atomic E-state index is 0.219. The van der Waals surface area contributed by atoms with E-state index < -0.39 is 0 Å². The number of rotatable bonds is 2. The molecule has 0 bridgehead atoms. The van der Waals surface area contributed by atoms with Crippen molar-refractivity contribution in [2.45, 2.75) is 18.9 Å². The van der Waals surface area contributed by atoms with Gasteiger partial charge in [-0.1, -0.05) is 6.07 Å². The lowest BCUT2D eigenvalue weighted by atomic mass is 10.0. The van der Waals surface area contributed by atoms with Crippen LogP contribution in [0.1, 0.15) is 22.5 Å². The lowest BCUT2D eigenvalue weighted by Crippen LogP contribution is -2.52. The number of hydrogen-bond donors (Lipinski definition) is 0. The number of carbonyl (C=O) groups is 1. The SMILES string of the molecule is CN1CCN(C2CCN(C(=O)c3cccs3)CC2)CC1. The Morgan fingerprint density at radius 3 is 2.45 bits per heavy atom. The molecule has 0 atom stereocenters. The largest absolute Gasteiger partial charge is 0.338 e. The van der Waals surface area contributed by atoms with E-state index in [0.717, 1.165) is 30.8 Å². The van der Waals surface area contributed by atoms with Crippen LogP contribution in [-0.2, 0) is 0 Å². The molecule has 2 aliphatic rings. The fourth-order valence-electron chi connectivity index (χ4n) is 3.18. The molecule has 0 saturated carbocycles. The summed E-state index contributed by atoms with van der Waals surface area (Å²) in [5.41, 5.74) is 0. The van der Waals surface area contributed by atoms with Crippen LogP contribution in [0.15, 0.2) is 17.5 Å². The second kappa shape index (κ2) is 6.24. The Bertz CT molecular complexity index is 432. The first-order chi connectivity index (χ1) is 9.74. The van der Waals surface area contributed by atoms with Crippen molar-refractivity contribution in [3.8, 4) is 0 Å². The molecule has 1 aromatic rings. The molecule has 3 rings (SSSR count). The fourth-order valence-corrected chi connectivity index (χ4v) is 3.87. The van der Waals surface area contributed by atoms with Gasteiger partial charge in [0, 0.05) is 45.3 Å². The van der Waals surface area contributed by atoms with E-state index in [9.17, 15) is 4.79 Å². The van der Waals surface area contributed by atoms with Crippen LogP contribution in [0.2, 0.25) is 0 Å². The zero-order valence-electron chi connectivity index (χ0n) is 12.1. The quantitative estimate of drug-likeness (QED) is 0.829. The number of thiophene rings is 1. The van der Waals surface area contributed by atoms with Crippen molar-refractivity contribution in [2.75, 3.05) is 46.3 Å². The van der Waals surface area contributed by atoms with Gasteiger partial charge in [0.2, 0.25) is 0 Å². The Morgan fingerprint density at radius 2 is 1.85 bits per heavy atom. The van der Waals surface area contributed by atoms with Crippen molar-refractivity contribution >= 4 is 17.2 Å². The fraction of sp³-hybridized carbons (Fsp3) is 0.667. The summed E-state index contributed by atoms with van der Waals surface area (Å²) in [6.45, 7) is 6.53. The van der Waals surface area contributed by atoms with Crippen molar-refractivity contribution in [2.24, 2.45) is 0 Å². The number of piperidine rings is 1. The summed E-state index contributed by atoms with van der Waals surface area (Å²) in [6, 6.07) is 4.56. The molecular weight excluding hydrogens is 270 g/mol. The Hall–Kier alpha value is -0.910. The Balaban J connectivity index is 1.51. The zero-order chi connectivity index (χ0) is 13.9. The smallest absolute Gasteiger partial charge is 0.263 e. The first-order valence-corrected chi connectivity index (χ1v) is 8.37. The van der Waals surface area contributed by atoms with Crippen LogP contribution in [0.3, 0.4) is 0 Å². The van der Waals surface area contributed by atoms with E-state index >= 15 is 0 Å². The van der Waals surface area contributed by atoms with Crippen molar-refractivity contribution in [3.05, 3.63) is 22.4 Å². The van der Waals surface area contributed by atoms with Crippen LogP contribution in [0, 0.1) is 0 Å². The molecule has 1 amide bonds. The molecule has 0 aromatic carbocycles. The first kappa shape index (κ1) is 14.0. The maximum atomic E-state index is 12.3. The number of likely N-dealkylation sites (tertiary alicyclic amines) is 1. The molecule has 0 N–H and O–H groups in total. The Morgan fingerprint density at radius 1 is 1.15 bits per heavy atom. The van der Waals surface area contributed by atoms with Crippen molar-refractivity contribution < 1.29 is 4.79 Å². The second-order valence-electron chi connectivity index (χ2n) is 5.84.